The predicted octanol–water partition coefficient (Wildman–Crippen LogP) is 2.17. The lowest BCUT2D eigenvalue weighted by Crippen LogP contribution is -2.32. The summed E-state index contributed by atoms with van der Waals surface area (Å²) >= 11 is 0. The van der Waals surface area contributed by atoms with E-state index in [1.165, 1.54) is 13.8 Å². The maximum absolute atomic E-state index is 11.2. The van der Waals surface area contributed by atoms with Crippen molar-refractivity contribution in [2.75, 3.05) is 0 Å². The molecule has 0 saturated heterocycles. The van der Waals surface area contributed by atoms with E-state index in [0.29, 0.717) is 6.42 Å². The normalized spacial score (nSPS) is 21.9. The molecular formula is C14H16O4. The highest BCUT2D eigenvalue weighted by Crippen LogP contribution is 2.34. The first-order valence-electron chi connectivity index (χ1n) is 6.00. The van der Waals surface area contributed by atoms with Crippen LogP contribution in [0.15, 0.2) is 24.3 Å². The van der Waals surface area contributed by atoms with Gasteiger partial charge in [0, 0.05) is 13.8 Å². The van der Waals surface area contributed by atoms with Crippen molar-refractivity contribution in [1.29, 1.82) is 0 Å². The molecule has 4 heteroatoms. The fourth-order valence-corrected chi connectivity index (χ4v) is 2.34. The average Bonchev–Trinajstić information content (AvgIpc) is 2.31. The van der Waals surface area contributed by atoms with Gasteiger partial charge < -0.3 is 9.47 Å². The molecule has 0 spiro atoms. The minimum atomic E-state index is -0.489. The second-order valence-electron chi connectivity index (χ2n) is 4.42. The summed E-state index contributed by atoms with van der Waals surface area (Å²) in [4.78, 5) is 22.3. The van der Waals surface area contributed by atoms with Gasteiger partial charge in [-0.2, -0.15) is 0 Å². The van der Waals surface area contributed by atoms with Gasteiger partial charge in [-0.25, -0.2) is 0 Å². The van der Waals surface area contributed by atoms with E-state index < -0.39 is 6.10 Å². The summed E-state index contributed by atoms with van der Waals surface area (Å²) in [5, 5.41) is 0. The van der Waals surface area contributed by atoms with E-state index in [2.05, 4.69) is 0 Å². The van der Waals surface area contributed by atoms with Crippen LogP contribution in [0.5, 0.6) is 0 Å². The molecule has 1 aliphatic rings. The fourth-order valence-electron chi connectivity index (χ4n) is 2.34. The number of hydrogen-bond donors (Lipinski definition) is 0. The summed E-state index contributed by atoms with van der Waals surface area (Å²) in [6.07, 6.45) is 0.623. The first-order valence-corrected chi connectivity index (χ1v) is 6.00. The van der Waals surface area contributed by atoms with Crippen LogP contribution in [0.3, 0.4) is 0 Å². The maximum atomic E-state index is 11.2. The molecule has 2 atom stereocenters. The van der Waals surface area contributed by atoms with Gasteiger partial charge in [0.2, 0.25) is 0 Å². The summed E-state index contributed by atoms with van der Waals surface area (Å²) in [7, 11) is 0. The highest BCUT2D eigenvalue weighted by Gasteiger charge is 2.33. The van der Waals surface area contributed by atoms with Crippen molar-refractivity contribution in [3.05, 3.63) is 35.4 Å². The predicted molar refractivity (Wildman–Crippen MR) is 64.8 cm³/mol. The summed E-state index contributed by atoms with van der Waals surface area (Å²) in [6.45, 7) is 2.73. The van der Waals surface area contributed by atoms with Crippen LogP contribution < -0.4 is 0 Å². The van der Waals surface area contributed by atoms with E-state index >= 15 is 0 Å². The van der Waals surface area contributed by atoms with Gasteiger partial charge in [-0.05, 0) is 24.0 Å². The number of carbonyl (C=O) groups excluding carboxylic acids is 2. The van der Waals surface area contributed by atoms with Crippen LogP contribution in [0, 0.1) is 0 Å². The van der Waals surface area contributed by atoms with Crippen LogP contribution in [0.25, 0.3) is 0 Å². The number of esters is 2. The first kappa shape index (κ1) is 12.6. The summed E-state index contributed by atoms with van der Waals surface area (Å²) in [5.41, 5.74) is 2.08. The Balaban J connectivity index is 2.30. The second-order valence-corrected chi connectivity index (χ2v) is 4.42. The van der Waals surface area contributed by atoms with E-state index in [9.17, 15) is 9.59 Å². The largest absolute Gasteiger partial charge is 0.458 e. The van der Waals surface area contributed by atoms with Gasteiger partial charge in [0.05, 0.1) is 0 Å². The van der Waals surface area contributed by atoms with Crippen LogP contribution in [-0.4, -0.2) is 18.0 Å². The van der Waals surface area contributed by atoms with E-state index in [0.717, 1.165) is 17.5 Å². The molecular weight excluding hydrogens is 232 g/mol. The van der Waals surface area contributed by atoms with Crippen molar-refractivity contribution >= 4 is 11.9 Å². The standard InChI is InChI=1S/C14H16O4/c1-9(15)17-13-8-7-11-5-3-4-6-12(11)14(13)18-10(2)16/h3-6,13-14H,7-8H2,1-2H3/t13-,14+/m0/s1. The highest BCUT2D eigenvalue weighted by molar-refractivity contribution is 5.67. The van der Waals surface area contributed by atoms with Crippen LogP contribution in [0.2, 0.25) is 0 Å². The third-order valence-corrected chi connectivity index (χ3v) is 3.01. The lowest BCUT2D eigenvalue weighted by atomic mass is 9.87. The molecule has 0 N–H and O–H groups in total. The van der Waals surface area contributed by atoms with Crippen molar-refractivity contribution < 1.29 is 19.1 Å². The van der Waals surface area contributed by atoms with Gasteiger partial charge in [-0.1, -0.05) is 24.3 Å². The molecule has 0 heterocycles. The molecule has 0 unspecified atom stereocenters. The van der Waals surface area contributed by atoms with Gasteiger partial charge >= 0.3 is 11.9 Å². The quantitative estimate of drug-likeness (QED) is 0.753. The molecule has 96 valence electrons. The van der Waals surface area contributed by atoms with E-state index in [1.54, 1.807) is 0 Å². The van der Waals surface area contributed by atoms with Gasteiger partial charge in [0.15, 0.2) is 6.10 Å². The molecule has 0 aliphatic heterocycles. The molecule has 1 aromatic carbocycles. The first-order chi connectivity index (χ1) is 8.58. The second kappa shape index (κ2) is 5.21. The molecule has 0 aromatic heterocycles. The highest BCUT2D eigenvalue weighted by atomic mass is 16.6. The lowest BCUT2D eigenvalue weighted by molar-refractivity contribution is -0.167. The minimum absolute atomic E-state index is 0.350. The molecule has 0 radical (unpaired) electrons. The fraction of sp³-hybridized carbons (Fsp3) is 0.429. The van der Waals surface area contributed by atoms with Gasteiger partial charge in [-0.3, -0.25) is 9.59 Å². The Labute approximate surface area is 106 Å². The van der Waals surface area contributed by atoms with Crippen LogP contribution in [-0.2, 0) is 25.5 Å². The Morgan fingerprint density at radius 2 is 1.78 bits per heavy atom. The Hall–Kier alpha value is -1.84. The number of carbonyl (C=O) groups is 2. The summed E-state index contributed by atoms with van der Waals surface area (Å²) in [5.74, 6) is -0.717. The Morgan fingerprint density at radius 3 is 2.44 bits per heavy atom. The van der Waals surface area contributed by atoms with Crippen molar-refractivity contribution in [2.45, 2.75) is 38.9 Å². The van der Waals surface area contributed by atoms with E-state index in [1.807, 2.05) is 24.3 Å². The zero-order chi connectivity index (χ0) is 13.1. The topological polar surface area (TPSA) is 52.6 Å². The van der Waals surface area contributed by atoms with Crippen molar-refractivity contribution in [3.8, 4) is 0 Å². The Kier molecular flexibility index (Phi) is 3.65. The molecule has 4 nitrogen and oxygen atoms in total. The molecule has 1 aliphatic carbocycles. The third kappa shape index (κ3) is 2.70. The molecule has 1 aromatic rings. The smallest absolute Gasteiger partial charge is 0.303 e. The molecule has 0 amide bonds. The van der Waals surface area contributed by atoms with Crippen molar-refractivity contribution in [1.82, 2.24) is 0 Å². The van der Waals surface area contributed by atoms with Crippen LogP contribution in [0.4, 0.5) is 0 Å². The average molecular weight is 248 g/mol. The monoisotopic (exact) mass is 248 g/mol. The summed E-state index contributed by atoms with van der Waals surface area (Å²) in [6, 6.07) is 7.77. The van der Waals surface area contributed by atoms with Gasteiger partial charge in [0.1, 0.15) is 6.10 Å². The minimum Gasteiger partial charge on any atom is -0.458 e. The number of hydrogen-bond acceptors (Lipinski definition) is 4. The van der Waals surface area contributed by atoms with E-state index in [-0.39, 0.29) is 18.0 Å². The molecule has 2 rings (SSSR count). The van der Waals surface area contributed by atoms with E-state index in [4.69, 9.17) is 9.47 Å². The number of fused-ring (bicyclic) bond motifs is 1. The lowest BCUT2D eigenvalue weighted by Gasteiger charge is -2.32. The zero-order valence-electron chi connectivity index (χ0n) is 10.5. The zero-order valence-corrected chi connectivity index (χ0v) is 10.5. The van der Waals surface area contributed by atoms with Gasteiger partial charge in [-0.15, -0.1) is 0 Å². The molecule has 0 saturated carbocycles. The van der Waals surface area contributed by atoms with Crippen LogP contribution in [0.1, 0.15) is 37.5 Å². The maximum Gasteiger partial charge on any atom is 0.303 e. The van der Waals surface area contributed by atoms with Gasteiger partial charge in [0.25, 0.3) is 0 Å². The number of rotatable bonds is 2. The summed E-state index contributed by atoms with van der Waals surface area (Å²) < 4.78 is 10.6. The molecule has 0 bridgehead atoms. The Morgan fingerprint density at radius 1 is 1.11 bits per heavy atom. The molecule has 18 heavy (non-hydrogen) atoms. The Bertz CT molecular complexity index is 467. The number of ether oxygens (including phenoxy) is 2. The molecule has 0 fully saturated rings. The third-order valence-electron chi connectivity index (χ3n) is 3.01. The SMILES string of the molecule is CC(=O)O[C@H]1CCc2ccccc2[C@H]1OC(C)=O. The van der Waals surface area contributed by atoms with Crippen LogP contribution >= 0.6 is 0 Å². The van der Waals surface area contributed by atoms with Crippen molar-refractivity contribution in [3.63, 3.8) is 0 Å². The number of aryl methyl sites for hydroxylation is 1. The number of benzene rings is 1. The van der Waals surface area contributed by atoms with Crippen molar-refractivity contribution in [2.24, 2.45) is 0 Å².